The maximum atomic E-state index is 4.19. The Bertz CT molecular complexity index is 619. The molecule has 0 atom stereocenters. The summed E-state index contributed by atoms with van der Waals surface area (Å²) in [5.74, 6) is 0. The number of hydrogen-bond donors (Lipinski definition) is 0. The molecule has 0 saturated carbocycles. The minimum absolute atomic E-state index is 1.06. The molecule has 0 aromatic rings. The molecule has 22 heavy (non-hydrogen) atoms. The van der Waals surface area contributed by atoms with Gasteiger partial charge in [0.25, 0.3) is 0 Å². The molecule has 0 amide bonds. The highest BCUT2D eigenvalue weighted by Crippen LogP contribution is 2.49. The van der Waals surface area contributed by atoms with Crippen LogP contribution in [-0.4, -0.2) is 0 Å². The lowest BCUT2D eigenvalue weighted by atomic mass is 9.69. The molecular weight excluding hydrogens is 264 g/mol. The van der Waals surface area contributed by atoms with Crippen LogP contribution < -0.4 is 0 Å². The van der Waals surface area contributed by atoms with Crippen molar-refractivity contribution in [1.29, 1.82) is 0 Å². The zero-order chi connectivity index (χ0) is 15.4. The highest BCUT2D eigenvalue weighted by Gasteiger charge is 2.30. The summed E-state index contributed by atoms with van der Waals surface area (Å²) in [7, 11) is 0. The number of hydrogen-bond acceptors (Lipinski definition) is 0. The van der Waals surface area contributed by atoms with Crippen LogP contribution >= 0.6 is 0 Å². The zero-order valence-electron chi connectivity index (χ0n) is 13.5. The van der Waals surface area contributed by atoms with E-state index < -0.39 is 0 Å². The van der Waals surface area contributed by atoms with Crippen LogP contribution in [0.5, 0.6) is 0 Å². The summed E-state index contributed by atoms with van der Waals surface area (Å²) in [4.78, 5) is 0. The average Bonchev–Trinajstić information content (AvgIpc) is 2.46. The fourth-order valence-corrected chi connectivity index (χ4v) is 4.44. The lowest BCUT2D eigenvalue weighted by Crippen LogP contribution is -2.17. The van der Waals surface area contributed by atoms with E-state index in [4.69, 9.17) is 0 Å². The first-order valence-corrected chi connectivity index (χ1v) is 8.32. The van der Waals surface area contributed by atoms with Gasteiger partial charge in [0.05, 0.1) is 0 Å². The summed E-state index contributed by atoms with van der Waals surface area (Å²) in [6, 6.07) is 0. The van der Waals surface area contributed by atoms with Crippen LogP contribution in [-0.2, 0) is 0 Å². The van der Waals surface area contributed by atoms with Gasteiger partial charge in [-0.3, -0.25) is 0 Å². The lowest BCUT2D eigenvalue weighted by molar-refractivity contribution is 0.724. The van der Waals surface area contributed by atoms with Crippen molar-refractivity contribution in [1.82, 2.24) is 0 Å². The van der Waals surface area contributed by atoms with Gasteiger partial charge in [-0.15, -0.1) is 0 Å². The van der Waals surface area contributed by atoms with Crippen LogP contribution in [0.25, 0.3) is 0 Å². The molecule has 0 heteroatoms. The van der Waals surface area contributed by atoms with Gasteiger partial charge < -0.3 is 0 Å². The van der Waals surface area contributed by atoms with Crippen molar-refractivity contribution in [2.75, 3.05) is 0 Å². The number of allylic oxidation sites excluding steroid dienone is 10. The minimum atomic E-state index is 1.06. The second-order valence-electron chi connectivity index (χ2n) is 7.45. The molecule has 0 spiro atoms. The van der Waals surface area contributed by atoms with E-state index in [1.165, 1.54) is 48.0 Å². The fourth-order valence-electron chi connectivity index (χ4n) is 4.44. The maximum absolute atomic E-state index is 4.19. The van der Waals surface area contributed by atoms with Crippen molar-refractivity contribution in [3.8, 4) is 0 Å². The molecule has 112 valence electrons. The van der Waals surface area contributed by atoms with Crippen molar-refractivity contribution in [2.45, 2.75) is 51.4 Å². The molecule has 0 unspecified atom stereocenters. The summed E-state index contributed by atoms with van der Waals surface area (Å²) >= 11 is 0. The minimum Gasteiger partial charge on any atom is -0.0952 e. The molecular formula is C22H24. The highest BCUT2D eigenvalue weighted by molar-refractivity contribution is 5.52. The highest BCUT2D eigenvalue weighted by atomic mass is 14.4. The normalized spacial score (nSPS) is 25.5. The number of rotatable bonds is 0. The molecule has 0 aromatic carbocycles. The Morgan fingerprint density at radius 2 is 0.500 bits per heavy atom. The smallest absolute Gasteiger partial charge is 0.00642 e. The largest absolute Gasteiger partial charge is 0.0952 e. The Morgan fingerprint density at radius 1 is 0.318 bits per heavy atom. The van der Waals surface area contributed by atoms with Gasteiger partial charge in [0.15, 0.2) is 0 Å². The molecule has 0 N–H and O–H groups in total. The van der Waals surface area contributed by atoms with E-state index in [2.05, 4.69) is 26.3 Å². The van der Waals surface area contributed by atoms with E-state index in [0.717, 1.165) is 25.7 Å². The third-order valence-corrected chi connectivity index (χ3v) is 5.91. The molecule has 4 rings (SSSR count). The second kappa shape index (κ2) is 4.84. The Morgan fingerprint density at radius 3 is 0.727 bits per heavy atom. The van der Waals surface area contributed by atoms with Gasteiger partial charge in [-0.1, -0.05) is 59.8 Å². The fraction of sp³-hybridized carbons (Fsp3) is 0.364. The Hall–Kier alpha value is -1.82. The van der Waals surface area contributed by atoms with Crippen LogP contribution in [0.4, 0.5) is 0 Å². The predicted octanol–water partition coefficient (Wildman–Crippen LogP) is 6.28. The van der Waals surface area contributed by atoms with Gasteiger partial charge in [-0.25, -0.2) is 0 Å². The van der Waals surface area contributed by atoms with Crippen molar-refractivity contribution >= 4 is 0 Å². The molecule has 0 radical (unpaired) electrons. The Kier molecular flexibility index (Phi) is 3.04. The van der Waals surface area contributed by atoms with Gasteiger partial charge >= 0.3 is 0 Å². The zero-order valence-corrected chi connectivity index (χ0v) is 13.5. The molecule has 0 saturated heterocycles. The van der Waals surface area contributed by atoms with Gasteiger partial charge in [-0.2, -0.15) is 0 Å². The monoisotopic (exact) mass is 288 g/mol. The van der Waals surface area contributed by atoms with Crippen molar-refractivity contribution in [2.24, 2.45) is 0 Å². The first kappa shape index (κ1) is 13.8. The van der Waals surface area contributed by atoms with Gasteiger partial charge in [0.2, 0.25) is 0 Å². The first-order chi connectivity index (χ1) is 10.5. The van der Waals surface area contributed by atoms with E-state index >= 15 is 0 Å². The molecule has 0 bridgehead atoms. The maximum Gasteiger partial charge on any atom is -0.00642 e. The molecule has 4 aliphatic rings. The van der Waals surface area contributed by atoms with Crippen molar-refractivity contribution in [3.05, 3.63) is 82.0 Å². The van der Waals surface area contributed by atoms with Gasteiger partial charge in [0.1, 0.15) is 0 Å². The van der Waals surface area contributed by atoms with Crippen LogP contribution in [0.2, 0.25) is 0 Å². The molecule has 0 fully saturated rings. The van der Waals surface area contributed by atoms with E-state index in [1.807, 2.05) is 0 Å². The van der Waals surface area contributed by atoms with Gasteiger partial charge in [0, 0.05) is 0 Å². The van der Waals surface area contributed by atoms with Crippen molar-refractivity contribution in [3.63, 3.8) is 0 Å². The molecule has 0 aliphatic heterocycles. The standard InChI is InChI=1S/C22H24/c1-13-5-17-9-21-11-19-7-15(3)16(4)8-20(19)12-22(21)10-18(17)6-14(13)2/h1-12H2. The predicted molar refractivity (Wildman–Crippen MR) is 94.6 cm³/mol. The summed E-state index contributed by atoms with van der Waals surface area (Å²) in [6.07, 6.45) is 8.95. The molecule has 0 heterocycles. The lowest BCUT2D eigenvalue weighted by Gasteiger charge is -2.36. The van der Waals surface area contributed by atoms with Crippen LogP contribution in [0.15, 0.2) is 82.0 Å². The summed E-state index contributed by atoms with van der Waals surface area (Å²) in [5, 5.41) is 0. The van der Waals surface area contributed by atoms with E-state index in [9.17, 15) is 0 Å². The van der Waals surface area contributed by atoms with Crippen molar-refractivity contribution < 1.29 is 0 Å². The van der Waals surface area contributed by atoms with Gasteiger partial charge in [-0.05, 0) is 73.7 Å². The van der Waals surface area contributed by atoms with E-state index in [0.29, 0.717) is 0 Å². The third kappa shape index (κ3) is 2.13. The summed E-state index contributed by atoms with van der Waals surface area (Å²) < 4.78 is 0. The van der Waals surface area contributed by atoms with E-state index in [1.54, 1.807) is 33.4 Å². The quantitative estimate of drug-likeness (QED) is 0.460. The van der Waals surface area contributed by atoms with E-state index in [-0.39, 0.29) is 0 Å². The SMILES string of the molecule is C=C1CC2=C(CC1=C)CC1=C(C2)CC2=C(CC(=C)C(=C)C2)C1. The molecule has 0 aromatic heterocycles. The Labute approximate surface area is 134 Å². The summed E-state index contributed by atoms with van der Waals surface area (Å²) in [6.45, 7) is 16.8. The topological polar surface area (TPSA) is 0 Å². The average molecular weight is 288 g/mol. The molecule has 4 aliphatic carbocycles. The third-order valence-electron chi connectivity index (χ3n) is 5.91. The molecule has 0 nitrogen and oxygen atoms in total. The Balaban J connectivity index is 1.59. The first-order valence-electron chi connectivity index (χ1n) is 8.32. The van der Waals surface area contributed by atoms with Crippen LogP contribution in [0, 0.1) is 0 Å². The second-order valence-corrected chi connectivity index (χ2v) is 7.45. The van der Waals surface area contributed by atoms with Crippen LogP contribution in [0.1, 0.15) is 51.4 Å². The van der Waals surface area contributed by atoms with Crippen LogP contribution in [0.3, 0.4) is 0 Å². The summed E-state index contributed by atoms with van der Waals surface area (Å²) in [5.41, 5.74) is 14.9.